The second kappa shape index (κ2) is 5.35. The molecule has 16 heavy (non-hydrogen) atoms. The van der Waals surface area contributed by atoms with Crippen LogP contribution in [-0.4, -0.2) is 13.1 Å². The van der Waals surface area contributed by atoms with Crippen molar-refractivity contribution in [3.8, 4) is 0 Å². The summed E-state index contributed by atoms with van der Waals surface area (Å²) in [4.78, 5) is 2.51. The minimum atomic E-state index is 0.124. The lowest BCUT2D eigenvalue weighted by atomic mass is 10.1. The van der Waals surface area contributed by atoms with Crippen LogP contribution in [-0.2, 0) is 0 Å². The van der Waals surface area contributed by atoms with Crippen LogP contribution in [0.4, 0.5) is 5.69 Å². The van der Waals surface area contributed by atoms with Gasteiger partial charge in [-0.05, 0) is 31.4 Å². The van der Waals surface area contributed by atoms with E-state index in [2.05, 4.69) is 36.1 Å². The molecule has 0 amide bonds. The van der Waals surface area contributed by atoms with Crippen molar-refractivity contribution in [2.45, 2.75) is 38.6 Å². The molecule has 2 nitrogen and oxygen atoms in total. The van der Waals surface area contributed by atoms with Crippen molar-refractivity contribution in [2.24, 2.45) is 5.73 Å². The van der Waals surface area contributed by atoms with Gasteiger partial charge < -0.3 is 10.6 Å². The molecular weight excluding hydrogens is 196 g/mol. The van der Waals surface area contributed by atoms with Crippen LogP contribution in [0.1, 0.15) is 44.2 Å². The first-order chi connectivity index (χ1) is 7.79. The summed E-state index contributed by atoms with van der Waals surface area (Å²) < 4.78 is 0. The standard InChI is InChI=1S/C14H22N2/c1-12(15)13-8-4-5-9-14(13)16-10-6-2-3-7-11-16/h4-5,8-9,12H,2-3,6-7,10-11,15H2,1H3/t12-/m1/s1. The van der Waals surface area contributed by atoms with E-state index in [0.29, 0.717) is 0 Å². The Hall–Kier alpha value is -1.02. The van der Waals surface area contributed by atoms with Crippen LogP contribution in [0.3, 0.4) is 0 Å². The predicted molar refractivity (Wildman–Crippen MR) is 69.7 cm³/mol. The van der Waals surface area contributed by atoms with Gasteiger partial charge in [0.25, 0.3) is 0 Å². The molecule has 0 aromatic heterocycles. The largest absolute Gasteiger partial charge is 0.371 e. The maximum Gasteiger partial charge on any atom is 0.0414 e. The van der Waals surface area contributed by atoms with E-state index in [1.165, 1.54) is 50.0 Å². The van der Waals surface area contributed by atoms with E-state index in [4.69, 9.17) is 5.73 Å². The number of para-hydroxylation sites is 1. The summed E-state index contributed by atoms with van der Waals surface area (Å²) >= 11 is 0. The van der Waals surface area contributed by atoms with Gasteiger partial charge in [0, 0.05) is 24.8 Å². The molecule has 1 fully saturated rings. The van der Waals surface area contributed by atoms with Gasteiger partial charge in [0.05, 0.1) is 0 Å². The zero-order valence-corrected chi connectivity index (χ0v) is 10.2. The van der Waals surface area contributed by atoms with Crippen LogP contribution < -0.4 is 10.6 Å². The van der Waals surface area contributed by atoms with Crippen molar-refractivity contribution < 1.29 is 0 Å². The molecular formula is C14H22N2. The molecule has 0 aliphatic carbocycles. The summed E-state index contributed by atoms with van der Waals surface area (Å²) in [6.45, 7) is 4.43. The van der Waals surface area contributed by atoms with Gasteiger partial charge in [0.1, 0.15) is 0 Å². The number of anilines is 1. The number of hydrogen-bond donors (Lipinski definition) is 1. The summed E-state index contributed by atoms with van der Waals surface area (Å²) in [5.74, 6) is 0. The summed E-state index contributed by atoms with van der Waals surface area (Å²) in [6, 6.07) is 8.69. The van der Waals surface area contributed by atoms with Gasteiger partial charge in [-0.25, -0.2) is 0 Å². The number of benzene rings is 1. The van der Waals surface area contributed by atoms with E-state index in [-0.39, 0.29) is 6.04 Å². The Bertz CT molecular complexity index is 325. The second-order valence-electron chi connectivity index (χ2n) is 4.75. The molecule has 1 atom stereocenters. The third-order valence-electron chi connectivity index (χ3n) is 3.37. The van der Waals surface area contributed by atoms with Gasteiger partial charge in [-0.3, -0.25) is 0 Å². The maximum absolute atomic E-state index is 6.03. The van der Waals surface area contributed by atoms with E-state index < -0.39 is 0 Å². The Morgan fingerprint density at radius 3 is 2.31 bits per heavy atom. The predicted octanol–water partition coefficient (Wildman–Crippen LogP) is 3.09. The summed E-state index contributed by atoms with van der Waals surface area (Å²) in [5.41, 5.74) is 8.66. The van der Waals surface area contributed by atoms with E-state index in [9.17, 15) is 0 Å². The zero-order chi connectivity index (χ0) is 11.4. The van der Waals surface area contributed by atoms with Gasteiger partial charge in [-0.15, -0.1) is 0 Å². The fraction of sp³-hybridized carbons (Fsp3) is 0.571. The quantitative estimate of drug-likeness (QED) is 0.826. The first kappa shape index (κ1) is 11.5. The van der Waals surface area contributed by atoms with E-state index in [0.717, 1.165) is 0 Å². The van der Waals surface area contributed by atoms with Crippen LogP contribution in [0.25, 0.3) is 0 Å². The first-order valence-electron chi connectivity index (χ1n) is 6.38. The van der Waals surface area contributed by atoms with Gasteiger partial charge in [-0.1, -0.05) is 31.0 Å². The average molecular weight is 218 g/mol. The van der Waals surface area contributed by atoms with Gasteiger partial charge in [0.15, 0.2) is 0 Å². The van der Waals surface area contributed by atoms with Crippen LogP contribution in [0.2, 0.25) is 0 Å². The van der Waals surface area contributed by atoms with Crippen molar-refractivity contribution >= 4 is 5.69 Å². The minimum absolute atomic E-state index is 0.124. The molecule has 1 aromatic carbocycles. The van der Waals surface area contributed by atoms with Crippen LogP contribution in [0.5, 0.6) is 0 Å². The molecule has 2 rings (SSSR count). The van der Waals surface area contributed by atoms with E-state index >= 15 is 0 Å². The van der Waals surface area contributed by atoms with Crippen molar-refractivity contribution in [1.82, 2.24) is 0 Å². The monoisotopic (exact) mass is 218 g/mol. The van der Waals surface area contributed by atoms with Crippen molar-refractivity contribution in [3.63, 3.8) is 0 Å². The molecule has 0 spiro atoms. The average Bonchev–Trinajstić information content (AvgIpc) is 2.57. The molecule has 1 aromatic rings. The molecule has 0 unspecified atom stereocenters. The molecule has 1 aliphatic rings. The second-order valence-corrected chi connectivity index (χ2v) is 4.75. The van der Waals surface area contributed by atoms with Crippen molar-refractivity contribution in [1.29, 1.82) is 0 Å². The summed E-state index contributed by atoms with van der Waals surface area (Å²) in [7, 11) is 0. The highest BCUT2D eigenvalue weighted by molar-refractivity contribution is 5.54. The van der Waals surface area contributed by atoms with Gasteiger partial charge in [-0.2, -0.15) is 0 Å². The third kappa shape index (κ3) is 2.56. The third-order valence-corrected chi connectivity index (χ3v) is 3.37. The Kier molecular flexibility index (Phi) is 3.83. The molecule has 1 heterocycles. The lowest BCUT2D eigenvalue weighted by Gasteiger charge is -2.26. The van der Waals surface area contributed by atoms with E-state index in [1.807, 2.05) is 0 Å². The molecule has 1 saturated heterocycles. The topological polar surface area (TPSA) is 29.3 Å². The minimum Gasteiger partial charge on any atom is -0.371 e. The highest BCUT2D eigenvalue weighted by Gasteiger charge is 2.14. The molecule has 2 heteroatoms. The first-order valence-corrected chi connectivity index (χ1v) is 6.38. The lowest BCUT2D eigenvalue weighted by Crippen LogP contribution is -2.26. The molecule has 88 valence electrons. The number of rotatable bonds is 2. The summed E-state index contributed by atoms with van der Waals surface area (Å²) in [5, 5.41) is 0. The normalized spacial score (nSPS) is 19.2. The maximum atomic E-state index is 6.03. The fourth-order valence-corrected chi connectivity index (χ4v) is 2.47. The molecule has 0 bridgehead atoms. The molecule has 0 radical (unpaired) electrons. The Balaban J connectivity index is 2.23. The molecule has 0 saturated carbocycles. The lowest BCUT2D eigenvalue weighted by molar-refractivity contribution is 0.726. The van der Waals surface area contributed by atoms with Crippen molar-refractivity contribution in [3.05, 3.63) is 29.8 Å². The highest BCUT2D eigenvalue weighted by Crippen LogP contribution is 2.27. The number of nitrogens with zero attached hydrogens (tertiary/aromatic N) is 1. The number of nitrogens with two attached hydrogens (primary N) is 1. The van der Waals surface area contributed by atoms with Crippen LogP contribution in [0, 0.1) is 0 Å². The van der Waals surface area contributed by atoms with Gasteiger partial charge in [0.2, 0.25) is 0 Å². The van der Waals surface area contributed by atoms with Crippen molar-refractivity contribution in [2.75, 3.05) is 18.0 Å². The van der Waals surface area contributed by atoms with Crippen LogP contribution >= 0.6 is 0 Å². The smallest absolute Gasteiger partial charge is 0.0414 e. The van der Waals surface area contributed by atoms with Gasteiger partial charge >= 0.3 is 0 Å². The van der Waals surface area contributed by atoms with Crippen LogP contribution in [0.15, 0.2) is 24.3 Å². The fourth-order valence-electron chi connectivity index (χ4n) is 2.47. The number of hydrogen-bond acceptors (Lipinski definition) is 2. The Labute approximate surface area is 98.4 Å². The zero-order valence-electron chi connectivity index (χ0n) is 10.2. The Morgan fingerprint density at radius 1 is 1.06 bits per heavy atom. The Morgan fingerprint density at radius 2 is 1.69 bits per heavy atom. The van der Waals surface area contributed by atoms with E-state index in [1.54, 1.807) is 0 Å². The highest BCUT2D eigenvalue weighted by atomic mass is 15.1. The SMILES string of the molecule is C[C@@H](N)c1ccccc1N1CCCCCC1. The molecule has 1 aliphatic heterocycles. The summed E-state index contributed by atoms with van der Waals surface area (Å²) in [6.07, 6.45) is 5.37. The molecule has 2 N–H and O–H groups in total.